The Kier molecular flexibility index (Phi) is 6.87. The van der Waals surface area contributed by atoms with Crippen LogP contribution in [0.1, 0.15) is 18.1 Å². The smallest absolute Gasteiger partial charge is 0.278 e. The SMILES string of the molecule is CCOc1ccc(C2=C(Nc3ccc(C)cc3)C(=O)N(CCN3CCOCC3)C2=O)cc1. The molecule has 0 unspecified atom stereocenters. The van der Waals surface area contributed by atoms with Crippen LogP contribution in [-0.4, -0.2) is 67.6 Å². The van der Waals surface area contributed by atoms with Gasteiger partial charge in [0.2, 0.25) is 0 Å². The molecule has 2 aliphatic rings. The van der Waals surface area contributed by atoms with E-state index in [0.717, 1.165) is 30.1 Å². The molecule has 0 saturated carbocycles. The van der Waals surface area contributed by atoms with Crippen LogP contribution in [0.2, 0.25) is 0 Å². The van der Waals surface area contributed by atoms with Gasteiger partial charge in [-0.1, -0.05) is 29.8 Å². The molecule has 2 aromatic rings. The van der Waals surface area contributed by atoms with Crippen molar-refractivity contribution in [3.05, 3.63) is 65.4 Å². The Labute approximate surface area is 188 Å². The van der Waals surface area contributed by atoms with Crippen molar-refractivity contribution in [2.45, 2.75) is 13.8 Å². The fraction of sp³-hybridized carbons (Fsp3) is 0.360. The second-order valence-corrected chi connectivity index (χ2v) is 7.91. The second-order valence-electron chi connectivity index (χ2n) is 7.91. The minimum atomic E-state index is -0.298. The van der Waals surface area contributed by atoms with Crippen molar-refractivity contribution in [2.75, 3.05) is 51.3 Å². The number of rotatable bonds is 8. The number of ether oxygens (including phenoxy) is 2. The van der Waals surface area contributed by atoms with Crippen LogP contribution in [0.25, 0.3) is 5.57 Å². The maximum Gasteiger partial charge on any atom is 0.278 e. The molecule has 0 aliphatic carbocycles. The van der Waals surface area contributed by atoms with Gasteiger partial charge in [-0.2, -0.15) is 0 Å². The van der Waals surface area contributed by atoms with E-state index in [0.29, 0.717) is 49.7 Å². The lowest BCUT2D eigenvalue weighted by Gasteiger charge is -2.28. The number of carbonyl (C=O) groups excluding carboxylic acids is 2. The molecule has 4 rings (SSSR count). The summed E-state index contributed by atoms with van der Waals surface area (Å²) in [6, 6.07) is 15.1. The molecule has 1 N–H and O–H groups in total. The average molecular weight is 436 g/mol. The Morgan fingerprint density at radius 3 is 2.28 bits per heavy atom. The summed E-state index contributed by atoms with van der Waals surface area (Å²) in [6.07, 6.45) is 0. The predicted octanol–water partition coefficient (Wildman–Crippen LogP) is 2.92. The van der Waals surface area contributed by atoms with Gasteiger partial charge in [-0.15, -0.1) is 0 Å². The molecule has 0 radical (unpaired) electrons. The third kappa shape index (κ3) is 4.84. The number of hydrogen-bond donors (Lipinski definition) is 1. The van der Waals surface area contributed by atoms with E-state index >= 15 is 0 Å². The molecule has 7 nitrogen and oxygen atoms in total. The molecule has 0 aromatic heterocycles. The van der Waals surface area contributed by atoms with E-state index < -0.39 is 0 Å². The number of aryl methyl sites for hydroxylation is 1. The monoisotopic (exact) mass is 435 g/mol. The zero-order valence-corrected chi connectivity index (χ0v) is 18.6. The molecule has 0 atom stereocenters. The number of nitrogens with one attached hydrogen (secondary N) is 1. The number of nitrogens with zero attached hydrogens (tertiary/aromatic N) is 2. The highest BCUT2D eigenvalue weighted by atomic mass is 16.5. The fourth-order valence-corrected chi connectivity index (χ4v) is 3.89. The van der Waals surface area contributed by atoms with Gasteiger partial charge in [0, 0.05) is 31.9 Å². The summed E-state index contributed by atoms with van der Waals surface area (Å²) in [7, 11) is 0. The Balaban J connectivity index is 1.61. The Hall–Kier alpha value is -3.16. The normalized spacial score (nSPS) is 17.2. The topological polar surface area (TPSA) is 71.1 Å². The maximum atomic E-state index is 13.4. The number of amides is 2. The number of hydrogen-bond acceptors (Lipinski definition) is 6. The maximum absolute atomic E-state index is 13.4. The molecule has 1 fully saturated rings. The third-order valence-electron chi connectivity index (χ3n) is 5.69. The minimum absolute atomic E-state index is 0.276. The van der Waals surface area contributed by atoms with Crippen LogP contribution in [-0.2, 0) is 14.3 Å². The van der Waals surface area contributed by atoms with Crippen LogP contribution in [0, 0.1) is 6.92 Å². The summed E-state index contributed by atoms with van der Waals surface area (Å²) < 4.78 is 10.9. The van der Waals surface area contributed by atoms with Crippen molar-refractivity contribution in [3.8, 4) is 5.75 Å². The van der Waals surface area contributed by atoms with Crippen LogP contribution in [0.5, 0.6) is 5.75 Å². The highest BCUT2D eigenvalue weighted by Crippen LogP contribution is 2.31. The van der Waals surface area contributed by atoms with Crippen LogP contribution in [0.15, 0.2) is 54.2 Å². The second kappa shape index (κ2) is 9.97. The van der Waals surface area contributed by atoms with Gasteiger partial charge >= 0.3 is 0 Å². The van der Waals surface area contributed by atoms with Crippen molar-refractivity contribution in [2.24, 2.45) is 0 Å². The van der Waals surface area contributed by atoms with Gasteiger partial charge in [0.05, 0.1) is 25.4 Å². The molecule has 32 heavy (non-hydrogen) atoms. The van der Waals surface area contributed by atoms with Gasteiger partial charge in [0.1, 0.15) is 11.4 Å². The molecule has 0 bridgehead atoms. The van der Waals surface area contributed by atoms with Crippen molar-refractivity contribution in [1.29, 1.82) is 0 Å². The molecule has 2 heterocycles. The van der Waals surface area contributed by atoms with E-state index in [1.807, 2.05) is 62.4 Å². The number of anilines is 1. The molecule has 2 aromatic carbocycles. The van der Waals surface area contributed by atoms with Crippen LogP contribution in [0.4, 0.5) is 5.69 Å². The van der Waals surface area contributed by atoms with Gasteiger partial charge in [-0.05, 0) is 43.7 Å². The predicted molar refractivity (Wildman–Crippen MR) is 123 cm³/mol. The molecule has 2 aliphatic heterocycles. The zero-order valence-electron chi connectivity index (χ0n) is 18.6. The first-order chi connectivity index (χ1) is 15.6. The highest BCUT2D eigenvalue weighted by Gasteiger charge is 2.39. The molecular weight excluding hydrogens is 406 g/mol. The number of morpholine rings is 1. The minimum Gasteiger partial charge on any atom is -0.494 e. The zero-order chi connectivity index (χ0) is 22.5. The fourth-order valence-electron chi connectivity index (χ4n) is 3.89. The molecule has 0 spiro atoms. The standard InChI is InChI=1S/C25H29N3O4/c1-3-32-21-10-6-19(7-11-21)22-23(26-20-8-4-18(2)5-9-20)25(30)28(24(22)29)13-12-27-14-16-31-17-15-27/h4-11,26H,3,12-17H2,1-2H3. The summed E-state index contributed by atoms with van der Waals surface area (Å²) in [4.78, 5) is 30.3. The van der Waals surface area contributed by atoms with Crippen molar-refractivity contribution in [1.82, 2.24) is 9.80 Å². The lowest BCUT2D eigenvalue weighted by atomic mass is 10.0. The number of benzene rings is 2. The van der Waals surface area contributed by atoms with Gasteiger partial charge in [-0.25, -0.2) is 0 Å². The first-order valence-electron chi connectivity index (χ1n) is 11.0. The quantitative estimate of drug-likeness (QED) is 0.643. The van der Waals surface area contributed by atoms with Gasteiger partial charge < -0.3 is 14.8 Å². The first-order valence-corrected chi connectivity index (χ1v) is 11.0. The van der Waals surface area contributed by atoms with Gasteiger partial charge in [0.15, 0.2) is 0 Å². The summed E-state index contributed by atoms with van der Waals surface area (Å²) in [5, 5.41) is 3.21. The van der Waals surface area contributed by atoms with E-state index in [1.165, 1.54) is 4.90 Å². The van der Waals surface area contributed by atoms with Crippen LogP contribution >= 0.6 is 0 Å². The molecule has 7 heteroatoms. The summed E-state index contributed by atoms with van der Waals surface area (Å²) >= 11 is 0. The first kappa shape index (κ1) is 22.0. The number of carbonyl (C=O) groups is 2. The highest BCUT2D eigenvalue weighted by molar-refractivity contribution is 6.36. The summed E-state index contributed by atoms with van der Waals surface area (Å²) in [5.41, 5.74) is 3.28. The van der Waals surface area contributed by atoms with Crippen LogP contribution in [0.3, 0.4) is 0 Å². The van der Waals surface area contributed by atoms with E-state index in [-0.39, 0.29) is 11.8 Å². The van der Waals surface area contributed by atoms with E-state index in [2.05, 4.69) is 10.2 Å². The van der Waals surface area contributed by atoms with Crippen LogP contribution < -0.4 is 10.1 Å². The van der Waals surface area contributed by atoms with Crippen molar-refractivity contribution >= 4 is 23.1 Å². The molecule has 2 amide bonds. The average Bonchev–Trinajstić information content (AvgIpc) is 3.04. The third-order valence-corrected chi connectivity index (χ3v) is 5.69. The number of imide groups is 1. The molecule has 168 valence electrons. The summed E-state index contributed by atoms with van der Waals surface area (Å²) in [5.74, 6) is 0.153. The Bertz CT molecular complexity index is 993. The Morgan fingerprint density at radius 1 is 0.938 bits per heavy atom. The van der Waals surface area contributed by atoms with E-state index in [9.17, 15) is 9.59 Å². The lowest BCUT2D eigenvalue weighted by Crippen LogP contribution is -2.43. The molecule has 1 saturated heterocycles. The molecular formula is C25H29N3O4. The van der Waals surface area contributed by atoms with E-state index in [4.69, 9.17) is 9.47 Å². The summed E-state index contributed by atoms with van der Waals surface area (Å²) in [6.45, 7) is 8.45. The Morgan fingerprint density at radius 2 is 1.62 bits per heavy atom. The largest absolute Gasteiger partial charge is 0.494 e. The van der Waals surface area contributed by atoms with Crippen molar-refractivity contribution < 1.29 is 19.1 Å². The van der Waals surface area contributed by atoms with Gasteiger partial charge in [0.25, 0.3) is 11.8 Å². The van der Waals surface area contributed by atoms with E-state index in [1.54, 1.807) is 0 Å². The van der Waals surface area contributed by atoms with Gasteiger partial charge in [-0.3, -0.25) is 19.4 Å². The van der Waals surface area contributed by atoms with Crippen molar-refractivity contribution in [3.63, 3.8) is 0 Å². The lowest BCUT2D eigenvalue weighted by molar-refractivity contribution is -0.137.